The van der Waals surface area contributed by atoms with Gasteiger partial charge in [-0.3, -0.25) is 4.79 Å². The number of ether oxygens (including phenoxy) is 1. The van der Waals surface area contributed by atoms with E-state index in [1.165, 1.54) is 0 Å². The van der Waals surface area contributed by atoms with Crippen LogP contribution in [-0.2, 0) is 9.53 Å². The van der Waals surface area contributed by atoms with Crippen LogP contribution in [0.1, 0.15) is 61.4 Å². The van der Waals surface area contributed by atoms with Crippen LogP contribution < -0.4 is 10.2 Å². The average Bonchev–Trinajstić information content (AvgIpc) is 3.79. The smallest absolute Gasteiger partial charge is 0.225 e. The minimum absolute atomic E-state index is 0.0769. The summed E-state index contributed by atoms with van der Waals surface area (Å²) < 4.78 is 5.50. The summed E-state index contributed by atoms with van der Waals surface area (Å²) in [6.45, 7) is 2.77. The van der Waals surface area contributed by atoms with Gasteiger partial charge >= 0.3 is 0 Å². The second kappa shape index (κ2) is 9.40. The fraction of sp³-hybridized carbons (Fsp3) is 0.519. The van der Waals surface area contributed by atoms with Gasteiger partial charge in [-0.05, 0) is 56.2 Å². The van der Waals surface area contributed by atoms with Crippen molar-refractivity contribution in [1.82, 2.24) is 14.9 Å². The molecule has 0 radical (unpaired) electrons. The average molecular weight is 484 g/mol. The Hall–Kier alpha value is -3.69. The van der Waals surface area contributed by atoms with E-state index < -0.39 is 0 Å². The molecule has 2 saturated heterocycles. The molecule has 9 heteroatoms. The molecule has 6 rings (SSSR count). The highest BCUT2D eigenvalue weighted by atomic mass is 16.5. The van der Waals surface area contributed by atoms with Crippen molar-refractivity contribution >= 4 is 23.1 Å². The number of nitrogens with zero attached hydrogens (tertiary/aromatic N) is 6. The van der Waals surface area contributed by atoms with E-state index >= 15 is 0 Å². The number of nitriles is 2. The number of aromatic nitrogens is 2. The number of carbonyl (C=O) groups is 1. The maximum atomic E-state index is 13.1. The molecule has 0 unspecified atom stereocenters. The zero-order chi connectivity index (χ0) is 24.6. The largest absolute Gasteiger partial charge is 0.377 e. The van der Waals surface area contributed by atoms with Crippen LogP contribution in [0.5, 0.6) is 0 Å². The van der Waals surface area contributed by atoms with Crippen molar-refractivity contribution in [2.24, 2.45) is 5.92 Å². The Kier molecular flexibility index (Phi) is 5.94. The van der Waals surface area contributed by atoms with Crippen LogP contribution in [0.3, 0.4) is 0 Å². The van der Waals surface area contributed by atoms with Crippen molar-refractivity contribution in [3.8, 4) is 12.1 Å². The molecule has 2 aliphatic carbocycles. The molecule has 4 fully saturated rings. The van der Waals surface area contributed by atoms with E-state index in [9.17, 15) is 15.3 Å². The van der Waals surface area contributed by atoms with Gasteiger partial charge in [-0.1, -0.05) is 0 Å². The van der Waals surface area contributed by atoms with Gasteiger partial charge in [0, 0.05) is 44.0 Å². The van der Waals surface area contributed by atoms with Crippen molar-refractivity contribution < 1.29 is 9.53 Å². The van der Waals surface area contributed by atoms with Gasteiger partial charge in [0.15, 0.2) is 0 Å². The molecular weight excluding hydrogens is 454 g/mol. The Morgan fingerprint density at radius 1 is 1.14 bits per heavy atom. The molecule has 184 valence electrons. The van der Waals surface area contributed by atoms with E-state index in [1.807, 2.05) is 12.1 Å². The van der Waals surface area contributed by atoms with Crippen LogP contribution in [0.15, 0.2) is 24.4 Å². The van der Waals surface area contributed by atoms with Gasteiger partial charge in [0.25, 0.3) is 0 Å². The van der Waals surface area contributed by atoms with E-state index in [2.05, 4.69) is 32.2 Å². The molecule has 0 bridgehead atoms. The van der Waals surface area contributed by atoms with E-state index in [1.54, 1.807) is 12.3 Å². The Balaban J connectivity index is 1.26. The third-order valence-electron chi connectivity index (χ3n) is 7.67. The zero-order valence-corrected chi connectivity index (χ0v) is 20.2. The second-order valence-electron chi connectivity index (χ2n) is 10.3. The maximum Gasteiger partial charge on any atom is 0.225 e. The van der Waals surface area contributed by atoms with Crippen molar-refractivity contribution in [3.05, 3.63) is 41.3 Å². The molecule has 9 nitrogen and oxygen atoms in total. The monoisotopic (exact) mass is 483 g/mol. The lowest BCUT2D eigenvalue weighted by atomic mass is 10.0. The Morgan fingerprint density at radius 3 is 2.64 bits per heavy atom. The highest BCUT2D eigenvalue weighted by molar-refractivity contribution is 5.78. The summed E-state index contributed by atoms with van der Waals surface area (Å²) in [6.07, 6.45) is 7.55. The number of piperazine rings is 1. The quantitative estimate of drug-likeness (QED) is 0.636. The molecule has 4 heterocycles. The second-order valence-corrected chi connectivity index (χ2v) is 10.3. The lowest BCUT2D eigenvalue weighted by Crippen LogP contribution is -2.57. The van der Waals surface area contributed by atoms with Crippen LogP contribution in [0.25, 0.3) is 0 Å². The number of nitrogens with one attached hydrogen (secondary N) is 1. The van der Waals surface area contributed by atoms with Crippen LogP contribution in [-0.4, -0.2) is 59.2 Å². The van der Waals surface area contributed by atoms with Crippen LogP contribution in [0, 0.1) is 28.6 Å². The third-order valence-corrected chi connectivity index (χ3v) is 7.67. The molecule has 36 heavy (non-hydrogen) atoms. The summed E-state index contributed by atoms with van der Waals surface area (Å²) >= 11 is 0. The van der Waals surface area contributed by atoms with Crippen molar-refractivity contribution in [3.63, 3.8) is 0 Å². The number of amides is 1. The highest BCUT2D eigenvalue weighted by Crippen LogP contribution is 2.45. The number of carbonyl (C=O) groups excluding carboxylic acids is 1. The van der Waals surface area contributed by atoms with Crippen molar-refractivity contribution in [2.45, 2.75) is 56.6 Å². The van der Waals surface area contributed by atoms with E-state index in [-0.39, 0.29) is 18.1 Å². The molecule has 2 aliphatic heterocycles. The molecular formula is C27H29N7O2. The van der Waals surface area contributed by atoms with Gasteiger partial charge < -0.3 is 19.9 Å². The maximum absolute atomic E-state index is 13.1. The standard InChI is InChI=1S/C27H29N7O2/c28-14-19-11-23(31-20-5-7-30-21(12-20)15-29)26(18-3-4-18)32-27(19)33-8-9-34(24(16-33)17-1-2-17)25(35)13-22-6-10-36-22/h5,7,11-12,17-18,22,24H,1-4,6,8-10,13,16H2,(H,30,31)/t22-,24+/m1/s1. The Bertz CT molecular complexity index is 1250. The molecule has 2 aromatic heterocycles. The van der Waals surface area contributed by atoms with E-state index in [4.69, 9.17) is 9.72 Å². The highest BCUT2D eigenvalue weighted by Gasteiger charge is 2.42. The summed E-state index contributed by atoms with van der Waals surface area (Å²) in [5, 5.41) is 22.6. The van der Waals surface area contributed by atoms with E-state index in [0.29, 0.717) is 49.1 Å². The summed E-state index contributed by atoms with van der Waals surface area (Å²) in [7, 11) is 0. The van der Waals surface area contributed by atoms with Gasteiger partial charge in [0.2, 0.25) is 5.91 Å². The molecule has 4 aliphatic rings. The fourth-order valence-corrected chi connectivity index (χ4v) is 5.29. The first-order chi connectivity index (χ1) is 17.6. The Morgan fingerprint density at radius 2 is 1.97 bits per heavy atom. The minimum atomic E-state index is 0.0769. The van der Waals surface area contributed by atoms with E-state index in [0.717, 1.165) is 61.6 Å². The van der Waals surface area contributed by atoms with Crippen molar-refractivity contribution in [2.75, 3.05) is 36.5 Å². The predicted octanol–water partition coefficient (Wildman–Crippen LogP) is 3.45. The molecule has 2 saturated carbocycles. The van der Waals surface area contributed by atoms with Crippen LogP contribution in [0.4, 0.5) is 17.2 Å². The first-order valence-electron chi connectivity index (χ1n) is 12.9. The molecule has 0 spiro atoms. The number of hydrogen-bond acceptors (Lipinski definition) is 8. The van der Waals surface area contributed by atoms with Gasteiger partial charge in [0.05, 0.1) is 35.5 Å². The number of pyridine rings is 2. The molecule has 1 amide bonds. The topological polar surface area (TPSA) is 118 Å². The van der Waals surface area contributed by atoms with Crippen LogP contribution in [0.2, 0.25) is 0 Å². The summed E-state index contributed by atoms with van der Waals surface area (Å²) in [5.41, 5.74) is 3.37. The van der Waals surface area contributed by atoms with Gasteiger partial charge in [-0.15, -0.1) is 0 Å². The summed E-state index contributed by atoms with van der Waals surface area (Å²) in [5.74, 6) is 1.80. The number of rotatable bonds is 7. The van der Waals surface area contributed by atoms with Gasteiger partial charge in [-0.2, -0.15) is 10.5 Å². The summed E-state index contributed by atoms with van der Waals surface area (Å²) in [6, 6.07) is 9.97. The number of hydrogen-bond donors (Lipinski definition) is 1. The molecule has 2 aromatic rings. The zero-order valence-electron chi connectivity index (χ0n) is 20.2. The van der Waals surface area contributed by atoms with Crippen LogP contribution >= 0.6 is 0 Å². The molecule has 0 aromatic carbocycles. The minimum Gasteiger partial charge on any atom is -0.377 e. The lowest BCUT2D eigenvalue weighted by Gasteiger charge is -2.43. The predicted molar refractivity (Wildman–Crippen MR) is 133 cm³/mol. The van der Waals surface area contributed by atoms with Gasteiger partial charge in [-0.25, -0.2) is 9.97 Å². The summed E-state index contributed by atoms with van der Waals surface area (Å²) in [4.78, 5) is 26.4. The number of anilines is 3. The molecule has 2 atom stereocenters. The lowest BCUT2D eigenvalue weighted by molar-refractivity contribution is -0.142. The Labute approximate surface area is 210 Å². The van der Waals surface area contributed by atoms with Crippen molar-refractivity contribution in [1.29, 1.82) is 10.5 Å². The SMILES string of the molecule is N#Cc1cc(Nc2cc(C#N)c(N3CCN(C(=O)C[C@H]4CCO4)[C@H](C4CC4)C3)nc2C2CC2)ccn1. The third kappa shape index (κ3) is 4.59. The first-order valence-corrected chi connectivity index (χ1v) is 12.9. The fourth-order valence-electron chi connectivity index (χ4n) is 5.29. The van der Waals surface area contributed by atoms with Gasteiger partial charge in [0.1, 0.15) is 23.7 Å². The normalized spacial score (nSPS) is 23.4. The first kappa shape index (κ1) is 22.8. The molecule has 1 N–H and O–H groups in total.